The van der Waals surface area contributed by atoms with Crippen LogP contribution in [-0.4, -0.2) is 12.4 Å². The van der Waals surface area contributed by atoms with Crippen molar-refractivity contribution in [3.05, 3.63) is 23.3 Å². The molecule has 0 saturated heterocycles. The lowest BCUT2D eigenvalue weighted by Gasteiger charge is -2.12. The molecule has 3 nitrogen and oxygen atoms in total. The van der Waals surface area contributed by atoms with Gasteiger partial charge in [-0.25, -0.2) is 0 Å². The molecule has 0 fully saturated rings. The van der Waals surface area contributed by atoms with Crippen molar-refractivity contribution in [3.63, 3.8) is 0 Å². The lowest BCUT2D eigenvalue weighted by molar-refractivity contribution is 0.101. The van der Waals surface area contributed by atoms with E-state index in [1.807, 2.05) is 19.9 Å². The summed E-state index contributed by atoms with van der Waals surface area (Å²) in [5, 5.41) is 0. The zero-order valence-electron chi connectivity index (χ0n) is 9.46. The van der Waals surface area contributed by atoms with Gasteiger partial charge in [-0.15, -0.1) is 0 Å². The Morgan fingerprint density at radius 1 is 1.40 bits per heavy atom. The monoisotopic (exact) mass is 207 g/mol. The molecule has 0 bridgehead atoms. The predicted octanol–water partition coefficient (Wildman–Crippen LogP) is 2.43. The number of ketones is 1. The van der Waals surface area contributed by atoms with Crippen molar-refractivity contribution < 1.29 is 9.53 Å². The standard InChI is InChI=1S/C12H17NO2/c1-4-9-6-10(8(3)14)11(13)7-12(9)15-5-2/h6-7H,4-5,13H2,1-3H3. The van der Waals surface area contributed by atoms with Crippen molar-refractivity contribution in [2.75, 3.05) is 12.3 Å². The molecule has 0 aliphatic rings. The highest BCUT2D eigenvalue weighted by Crippen LogP contribution is 2.26. The number of anilines is 1. The highest BCUT2D eigenvalue weighted by Gasteiger charge is 2.10. The average Bonchev–Trinajstić information content (AvgIpc) is 2.18. The molecule has 82 valence electrons. The first-order chi connectivity index (χ1) is 7.10. The van der Waals surface area contributed by atoms with Gasteiger partial charge in [0.15, 0.2) is 5.78 Å². The van der Waals surface area contributed by atoms with Crippen molar-refractivity contribution in [2.45, 2.75) is 27.2 Å². The van der Waals surface area contributed by atoms with Crippen molar-refractivity contribution >= 4 is 11.5 Å². The molecule has 1 rings (SSSR count). The first kappa shape index (κ1) is 11.6. The summed E-state index contributed by atoms with van der Waals surface area (Å²) in [5.41, 5.74) is 7.87. The van der Waals surface area contributed by atoms with Crippen LogP contribution >= 0.6 is 0 Å². The van der Waals surface area contributed by atoms with Gasteiger partial charge in [0, 0.05) is 17.3 Å². The Morgan fingerprint density at radius 3 is 2.53 bits per heavy atom. The van der Waals surface area contributed by atoms with Crippen LogP contribution in [0.5, 0.6) is 5.75 Å². The second-order valence-electron chi connectivity index (χ2n) is 3.39. The van der Waals surface area contributed by atoms with Crippen LogP contribution in [-0.2, 0) is 6.42 Å². The van der Waals surface area contributed by atoms with Crippen LogP contribution < -0.4 is 10.5 Å². The van der Waals surface area contributed by atoms with E-state index in [4.69, 9.17) is 10.5 Å². The molecule has 0 aliphatic heterocycles. The molecule has 0 heterocycles. The molecule has 0 aliphatic carbocycles. The van der Waals surface area contributed by atoms with Gasteiger partial charge in [0.05, 0.1) is 6.61 Å². The Morgan fingerprint density at radius 2 is 2.07 bits per heavy atom. The molecule has 3 heteroatoms. The van der Waals surface area contributed by atoms with Gasteiger partial charge in [0.1, 0.15) is 5.75 Å². The summed E-state index contributed by atoms with van der Waals surface area (Å²) in [7, 11) is 0. The molecule has 2 N–H and O–H groups in total. The maximum absolute atomic E-state index is 11.3. The topological polar surface area (TPSA) is 52.3 Å². The zero-order valence-corrected chi connectivity index (χ0v) is 9.46. The van der Waals surface area contributed by atoms with Gasteiger partial charge < -0.3 is 10.5 Å². The molecule has 15 heavy (non-hydrogen) atoms. The number of ether oxygens (including phenoxy) is 1. The van der Waals surface area contributed by atoms with Crippen LogP contribution in [0.2, 0.25) is 0 Å². The fraction of sp³-hybridized carbons (Fsp3) is 0.417. The SMILES string of the molecule is CCOc1cc(N)c(C(C)=O)cc1CC. The Balaban J connectivity index is 3.22. The Hall–Kier alpha value is -1.51. The summed E-state index contributed by atoms with van der Waals surface area (Å²) in [5.74, 6) is 0.771. The Kier molecular flexibility index (Phi) is 3.72. The number of Topliss-reactive ketones (excluding diaryl/α,β-unsaturated/α-hetero) is 1. The van der Waals surface area contributed by atoms with Gasteiger partial charge in [-0.1, -0.05) is 6.92 Å². The number of aryl methyl sites for hydroxylation is 1. The number of nitrogens with two attached hydrogens (primary N) is 1. The molecule has 0 amide bonds. The van der Waals surface area contributed by atoms with Gasteiger partial charge in [0.2, 0.25) is 0 Å². The zero-order chi connectivity index (χ0) is 11.4. The van der Waals surface area contributed by atoms with E-state index in [0.717, 1.165) is 17.7 Å². The molecule has 0 unspecified atom stereocenters. The summed E-state index contributed by atoms with van der Waals surface area (Å²) < 4.78 is 5.45. The quantitative estimate of drug-likeness (QED) is 0.609. The van der Waals surface area contributed by atoms with Crippen molar-refractivity contribution in [1.29, 1.82) is 0 Å². The van der Waals surface area contributed by atoms with Crippen LogP contribution in [0.25, 0.3) is 0 Å². The van der Waals surface area contributed by atoms with E-state index in [1.165, 1.54) is 6.92 Å². The highest BCUT2D eigenvalue weighted by molar-refractivity contribution is 5.99. The van der Waals surface area contributed by atoms with E-state index in [9.17, 15) is 4.79 Å². The fourth-order valence-electron chi connectivity index (χ4n) is 1.51. The largest absolute Gasteiger partial charge is 0.494 e. The van der Waals surface area contributed by atoms with E-state index in [2.05, 4.69) is 0 Å². The van der Waals surface area contributed by atoms with Gasteiger partial charge >= 0.3 is 0 Å². The highest BCUT2D eigenvalue weighted by atomic mass is 16.5. The number of carbonyl (C=O) groups excluding carboxylic acids is 1. The van der Waals surface area contributed by atoms with Gasteiger partial charge in [-0.05, 0) is 31.9 Å². The van der Waals surface area contributed by atoms with Gasteiger partial charge in [-0.2, -0.15) is 0 Å². The lowest BCUT2D eigenvalue weighted by atomic mass is 10.0. The first-order valence-electron chi connectivity index (χ1n) is 5.16. The summed E-state index contributed by atoms with van der Waals surface area (Å²) in [6.45, 7) is 6.07. The van der Waals surface area contributed by atoms with Crippen LogP contribution in [0.15, 0.2) is 12.1 Å². The summed E-state index contributed by atoms with van der Waals surface area (Å²) in [4.78, 5) is 11.3. The minimum atomic E-state index is -0.00903. The Labute approximate surface area is 90.2 Å². The number of hydrogen-bond donors (Lipinski definition) is 1. The summed E-state index contributed by atoms with van der Waals surface area (Å²) in [6, 6.07) is 3.56. The first-order valence-corrected chi connectivity index (χ1v) is 5.16. The molecular formula is C12H17NO2. The van der Waals surface area contributed by atoms with Gasteiger partial charge in [-0.3, -0.25) is 4.79 Å². The average molecular weight is 207 g/mol. The van der Waals surface area contributed by atoms with Crippen LogP contribution in [0, 0.1) is 0 Å². The van der Waals surface area contributed by atoms with Crippen LogP contribution in [0.1, 0.15) is 36.7 Å². The third kappa shape index (κ3) is 2.49. The number of nitrogen functional groups attached to an aromatic ring is 1. The van der Waals surface area contributed by atoms with E-state index >= 15 is 0 Å². The van der Waals surface area contributed by atoms with E-state index in [0.29, 0.717) is 17.9 Å². The number of rotatable bonds is 4. The molecule has 0 radical (unpaired) electrons. The van der Waals surface area contributed by atoms with E-state index in [1.54, 1.807) is 6.07 Å². The van der Waals surface area contributed by atoms with Crippen molar-refractivity contribution in [2.24, 2.45) is 0 Å². The minimum Gasteiger partial charge on any atom is -0.494 e. The molecule has 0 spiro atoms. The maximum Gasteiger partial charge on any atom is 0.161 e. The van der Waals surface area contributed by atoms with Crippen molar-refractivity contribution in [3.8, 4) is 5.75 Å². The van der Waals surface area contributed by atoms with E-state index in [-0.39, 0.29) is 5.78 Å². The second kappa shape index (κ2) is 4.82. The van der Waals surface area contributed by atoms with Gasteiger partial charge in [0.25, 0.3) is 0 Å². The van der Waals surface area contributed by atoms with Crippen molar-refractivity contribution in [1.82, 2.24) is 0 Å². The smallest absolute Gasteiger partial charge is 0.161 e. The second-order valence-corrected chi connectivity index (χ2v) is 3.39. The number of benzene rings is 1. The minimum absolute atomic E-state index is 0.00903. The lowest BCUT2D eigenvalue weighted by Crippen LogP contribution is -2.04. The summed E-state index contributed by atoms with van der Waals surface area (Å²) >= 11 is 0. The predicted molar refractivity (Wildman–Crippen MR) is 61.4 cm³/mol. The maximum atomic E-state index is 11.3. The molecule has 0 aromatic heterocycles. The third-order valence-electron chi connectivity index (χ3n) is 2.29. The molecule has 0 saturated carbocycles. The molecule has 1 aromatic carbocycles. The van der Waals surface area contributed by atoms with Crippen LogP contribution in [0.3, 0.4) is 0 Å². The molecule has 0 atom stereocenters. The molecule has 1 aromatic rings. The summed E-state index contributed by atoms with van der Waals surface area (Å²) in [6.07, 6.45) is 0.829. The Bertz CT molecular complexity index is 372. The number of carbonyl (C=O) groups is 1. The third-order valence-corrected chi connectivity index (χ3v) is 2.29. The van der Waals surface area contributed by atoms with Crippen LogP contribution in [0.4, 0.5) is 5.69 Å². The molecular weight excluding hydrogens is 190 g/mol. The normalized spacial score (nSPS) is 10.1. The fourth-order valence-corrected chi connectivity index (χ4v) is 1.51. The number of hydrogen-bond acceptors (Lipinski definition) is 3. The van der Waals surface area contributed by atoms with E-state index < -0.39 is 0 Å².